The fourth-order valence-electron chi connectivity index (χ4n) is 4.16. The molecule has 1 aromatic heterocycles. The summed E-state index contributed by atoms with van der Waals surface area (Å²) in [7, 11) is 0. The van der Waals surface area contributed by atoms with Crippen molar-refractivity contribution >= 4 is 45.6 Å². The van der Waals surface area contributed by atoms with E-state index in [1.165, 1.54) is 16.9 Å². The molecule has 37 heavy (non-hydrogen) atoms. The lowest BCUT2D eigenvalue weighted by atomic mass is 10.1. The first-order valence-electron chi connectivity index (χ1n) is 12.0. The van der Waals surface area contributed by atoms with Gasteiger partial charge in [0.15, 0.2) is 0 Å². The number of para-hydroxylation sites is 1. The quantitative estimate of drug-likeness (QED) is 0.361. The Bertz CT molecular complexity index is 1390. The molecule has 0 radical (unpaired) electrons. The van der Waals surface area contributed by atoms with Crippen molar-refractivity contribution in [2.45, 2.75) is 19.3 Å². The number of benzene rings is 3. The van der Waals surface area contributed by atoms with Crippen molar-refractivity contribution in [1.82, 2.24) is 10.2 Å². The minimum Gasteiger partial charge on any atom is -0.326 e. The molecule has 1 aliphatic heterocycles. The van der Waals surface area contributed by atoms with Crippen LogP contribution in [0.3, 0.4) is 0 Å². The lowest BCUT2D eigenvalue weighted by Crippen LogP contribution is -2.28. The zero-order valence-electron chi connectivity index (χ0n) is 20.0. The third-order valence-corrected chi connectivity index (χ3v) is 7.03. The minimum absolute atomic E-state index is 0.0710. The lowest BCUT2D eigenvalue weighted by Gasteiger charge is -2.16. The van der Waals surface area contributed by atoms with Gasteiger partial charge < -0.3 is 10.2 Å². The molecule has 3 aromatic carbocycles. The predicted molar refractivity (Wildman–Crippen MR) is 144 cm³/mol. The fourth-order valence-corrected chi connectivity index (χ4v) is 4.89. The number of amides is 3. The molecule has 0 saturated carbocycles. The molecule has 2 N–H and O–H groups in total. The van der Waals surface area contributed by atoms with Crippen molar-refractivity contribution < 1.29 is 14.4 Å². The van der Waals surface area contributed by atoms with Crippen LogP contribution in [0, 0.1) is 5.92 Å². The summed E-state index contributed by atoms with van der Waals surface area (Å²) in [4.78, 5) is 39.5. The van der Waals surface area contributed by atoms with Gasteiger partial charge in [-0.25, -0.2) is 0 Å². The molecule has 9 heteroatoms. The van der Waals surface area contributed by atoms with E-state index in [-0.39, 0.29) is 24.1 Å². The number of nitrogens with zero attached hydrogens (tertiary/aromatic N) is 3. The summed E-state index contributed by atoms with van der Waals surface area (Å²) in [5, 5.41) is 15.2. The summed E-state index contributed by atoms with van der Waals surface area (Å²) in [6.45, 7) is 0.338. The van der Waals surface area contributed by atoms with Crippen molar-refractivity contribution in [2.75, 3.05) is 22.1 Å². The van der Waals surface area contributed by atoms with Crippen LogP contribution in [0.1, 0.15) is 27.3 Å². The number of carbonyl (C=O) groups excluding carboxylic acids is 3. The van der Waals surface area contributed by atoms with E-state index in [0.29, 0.717) is 22.9 Å². The van der Waals surface area contributed by atoms with E-state index in [1.54, 1.807) is 29.2 Å². The molecule has 0 spiro atoms. The van der Waals surface area contributed by atoms with Crippen LogP contribution in [0.5, 0.6) is 0 Å². The smallest absolute Gasteiger partial charge is 0.257 e. The summed E-state index contributed by atoms with van der Waals surface area (Å²) in [5.41, 5.74) is 3.01. The van der Waals surface area contributed by atoms with Gasteiger partial charge in [0.25, 0.3) is 5.91 Å². The average molecular weight is 512 g/mol. The van der Waals surface area contributed by atoms with Crippen LogP contribution < -0.4 is 15.5 Å². The lowest BCUT2D eigenvalue weighted by molar-refractivity contribution is -0.122. The highest BCUT2D eigenvalue weighted by Crippen LogP contribution is 2.26. The Kier molecular flexibility index (Phi) is 7.32. The van der Waals surface area contributed by atoms with Crippen LogP contribution in [0.2, 0.25) is 0 Å². The number of nitrogens with one attached hydrogen (secondary N) is 2. The van der Waals surface area contributed by atoms with E-state index >= 15 is 0 Å². The summed E-state index contributed by atoms with van der Waals surface area (Å²) in [6.07, 6.45) is 1.77. The number of hydrogen-bond acceptors (Lipinski definition) is 6. The van der Waals surface area contributed by atoms with E-state index in [9.17, 15) is 14.4 Å². The fraction of sp³-hybridized carbons (Fsp3) is 0.179. The van der Waals surface area contributed by atoms with E-state index in [4.69, 9.17) is 0 Å². The Balaban J connectivity index is 1.13. The van der Waals surface area contributed by atoms with Crippen molar-refractivity contribution in [2.24, 2.45) is 5.92 Å². The normalized spacial score (nSPS) is 15.0. The molecule has 3 amide bonds. The molecule has 1 unspecified atom stereocenters. The van der Waals surface area contributed by atoms with Gasteiger partial charge in [0.2, 0.25) is 16.9 Å². The molecule has 1 saturated heterocycles. The Hall–Kier alpha value is -4.37. The monoisotopic (exact) mass is 511 g/mol. The molecule has 5 rings (SSSR count). The first-order chi connectivity index (χ1) is 18.0. The summed E-state index contributed by atoms with van der Waals surface area (Å²) in [5.74, 6) is -1.04. The molecule has 0 aliphatic carbocycles. The van der Waals surface area contributed by atoms with Crippen LogP contribution in [0.25, 0.3) is 0 Å². The second-order valence-corrected chi connectivity index (χ2v) is 9.81. The third-order valence-electron chi connectivity index (χ3n) is 6.14. The number of carbonyl (C=O) groups is 3. The van der Waals surface area contributed by atoms with E-state index < -0.39 is 5.92 Å². The van der Waals surface area contributed by atoms with E-state index in [2.05, 4.69) is 33.0 Å². The molecular formula is C28H25N5O3S. The van der Waals surface area contributed by atoms with Gasteiger partial charge in [0.05, 0.1) is 5.92 Å². The van der Waals surface area contributed by atoms with Crippen LogP contribution in [0.15, 0.2) is 84.9 Å². The minimum atomic E-state index is -0.441. The first kappa shape index (κ1) is 24.3. The maximum atomic E-state index is 12.8. The number of aryl methyl sites for hydroxylation is 2. The third kappa shape index (κ3) is 6.07. The van der Waals surface area contributed by atoms with Gasteiger partial charge in [0, 0.05) is 36.3 Å². The molecule has 1 aliphatic rings. The van der Waals surface area contributed by atoms with Gasteiger partial charge >= 0.3 is 0 Å². The molecule has 2 heterocycles. The Morgan fingerprint density at radius 2 is 1.57 bits per heavy atom. The highest BCUT2D eigenvalue weighted by atomic mass is 32.1. The molecular weight excluding hydrogens is 486 g/mol. The van der Waals surface area contributed by atoms with E-state index in [0.717, 1.165) is 23.5 Å². The largest absolute Gasteiger partial charge is 0.326 e. The average Bonchev–Trinajstić information content (AvgIpc) is 3.55. The van der Waals surface area contributed by atoms with E-state index in [1.807, 2.05) is 48.5 Å². The molecule has 1 fully saturated rings. The first-order valence-corrected chi connectivity index (χ1v) is 12.8. The van der Waals surface area contributed by atoms with Crippen LogP contribution in [0.4, 0.5) is 16.5 Å². The van der Waals surface area contributed by atoms with Gasteiger partial charge in [-0.15, -0.1) is 10.2 Å². The zero-order valence-corrected chi connectivity index (χ0v) is 20.8. The van der Waals surface area contributed by atoms with Gasteiger partial charge in [-0.3, -0.25) is 19.7 Å². The van der Waals surface area contributed by atoms with Gasteiger partial charge in [-0.05, 0) is 48.4 Å². The number of rotatable bonds is 8. The molecule has 0 bridgehead atoms. The van der Waals surface area contributed by atoms with Crippen LogP contribution in [-0.4, -0.2) is 34.5 Å². The number of aromatic nitrogens is 2. The van der Waals surface area contributed by atoms with Crippen LogP contribution in [-0.2, 0) is 22.4 Å². The Labute approximate surface area is 218 Å². The van der Waals surface area contributed by atoms with Crippen molar-refractivity contribution in [3.63, 3.8) is 0 Å². The molecule has 8 nitrogen and oxygen atoms in total. The van der Waals surface area contributed by atoms with Gasteiger partial charge in [-0.1, -0.05) is 59.9 Å². The summed E-state index contributed by atoms with van der Waals surface area (Å²) < 4.78 is 0. The number of hydrogen-bond donors (Lipinski definition) is 2. The second kappa shape index (κ2) is 11.1. The molecule has 4 aromatic rings. The topological polar surface area (TPSA) is 104 Å². The zero-order chi connectivity index (χ0) is 25.6. The van der Waals surface area contributed by atoms with Gasteiger partial charge in [0.1, 0.15) is 5.01 Å². The van der Waals surface area contributed by atoms with Gasteiger partial charge in [-0.2, -0.15) is 0 Å². The highest BCUT2D eigenvalue weighted by molar-refractivity contribution is 7.15. The van der Waals surface area contributed by atoms with Crippen molar-refractivity contribution in [3.8, 4) is 0 Å². The highest BCUT2D eigenvalue weighted by Gasteiger charge is 2.35. The molecule has 186 valence electrons. The SMILES string of the molecule is O=C(Nc1nnc(CCc2ccccc2)s1)c1ccc(NC(=O)C2CC(=O)N(c3ccccc3)C2)cc1. The predicted octanol–water partition coefficient (Wildman–Crippen LogP) is 4.57. The summed E-state index contributed by atoms with van der Waals surface area (Å²) >= 11 is 1.36. The maximum absolute atomic E-state index is 12.8. The summed E-state index contributed by atoms with van der Waals surface area (Å²) in [6, 6.07) is 26.1. The number of anilines is 3. The standard InChI is InChI=1S/C28H25N5O3S/c34-25-17-21(18-33(25)23-9-5-2-6-10-23)27(36)29-22-14-12-20(13-15-22)26(35)30-28-32-31-24(37-28)16-11-19-7-3-1-4-8-19/h1-10,12-15,21H,11,16-18H2,(H,29,36)(H,30,32,35). The molecule has 1 atom stereocenters. The Morgan fingerprint density at radius 1 is 0.865 bits per heavy atom. The van der Waals surface area contributed by atoms with Crippen molar-refractivity contribution in [3.05, 3.63) is 101 Å². The maximum Gasteiger partial charge on any atom is 0.257 e. The Morgan fingerprint density at radius 3 is 2.30 bits per heavy atom. The van der Waals surface area contributed by atoms with Crippen LogP contribution >= 0.6 is 11.3 Å². The van der Waals surface area contributed by atoms with Crippen molar-refractivity contribution in [1.29, 1.82) is 0 Å². The second-order valence-electron chi connectivity index (χ2n) is 8.75.